The molecule has 2 aromatic rings. The van der Waals surface area contributed by atoms with Crippen molar-refractivity contribution in [1.29, 1.82) is 42.4 Å². The van der Waals surface area contributed by atoms with E-state index in [4.69, 9.17) is 42.4 Å². The van der Waals surface area contributed by atoms with E-state index in [0.717, 1.165) is 0 Å². The molecule has 1 aromatic heterocycles. The standard InChI is InChI=1S/C18H4N12/c19-3-9(25)15(5-21)27-11-1-13-14(30-18(8-24)17(7-23)29-13)2-12(11)28-16(6-22)10(26)4-20/h1-2,25-26H/b25-9?,26-10?,27-15-,28-16-. The number of nitrogens with zero attached hydrogens (tertiary/aromatic N) is 10. The molecule has 0 radical (unpaired) electrons. The number of aromatic nitrogens is 2. The molecule has 0 amide bonds. The summed E-state index contributed by atoms with van der Waals surface area (Å²) in [6.07, 6.45) is 0. The number of benzene rings is 1. The third-order valence-electron chi connectivity index (χ3n) is 3.35. The van der Waals surface area contributed by atoms with Crippen molar-refractivity contribution in [2.45, 2.75) is 0 Å². The van der Waals surface area contributed by atoms with Gasteiger partial charge in [-0.25, -0.2) is 20.0 Å². The Morgan fingerprint density at radius 3 is 1.30 bits per heavy atom. The van der Waals surface area contributed by atoms with E-state index >= 15 is 0 Å². The molecule has 0 aliphatic rings. The van der Waals surface area contributed by atoms with Gasteiger partial charge in [-0.2, -0.15) is 31.6 Å². The van der Waals surface area contributed by atoms with Crippen LogP contribution in [0.3, 0.4) is 0 Å². The number of aliphatic imine (C=N–C) groups is 2. The molecule has 0 bridgehead atoms. The number of nitriles is 6. The van der Waals surface area contributed by atoms with Gasteiger partial charge in [0, 0.05) is 0 Å². The molecule has 1 heterocycles. The van der Waals surface area contributed by atoms with Gasteiger partial charge in [-0.1, -0.05) is 0 Å². The Bertz CT molecular complexity index is 1320. The fourth-order valence-corrected chi connectivity index (χ4v) is 2.04. The summed E-state index contributed by atoms with van der Waals surface area (Å²) >= 11 is 0. The molecular weight excluding hydrogens is 384 g/mol. The quantitative estimate of drug-likeness (QED) is 0.727. The van der Waals surface area contributed by atoms with Crippen LogP contribution in [0.4, 0.5) is 11.4 Å². The van der Waals surface area contributed by atoms with E-state index in [-0.39, 0.29) is 33.8 Å². The van der Waals surface area contributed by atoms with Crippen molar-refractivity contribution in [3.05, 3.63) is 23.5 Å². The molecule has 12 heteroatoms. The molecule has 0 saturated heterocycles. The van der Waals surface area contributed by atoms with E-state index in [2.05, 4.69) is 20.0 Å². The van der Waals surface area contributed by atoms with Crippen LogP contribution >= 0.6 is 0 Å². The summed E-state index contributed by atoms with van der Waals surface area (Å²) in [6.45, 7) is 0. The van der Waals surface area contributed by atoms with Crippen molar-refractivity contribution in [2.24, 2.45) is 9.98 Å². The Labute approximate surface area is 168 Å². The first-order valence-corrected chi connectivity index (χ1v) is 7.54. The molecule has 30 heavy (non-hydrogen) atoms. The van der Waals surface area contributed by atoms with Gasteiger partial charge < -0.3 is 0 Å². The summed E-state index contributed by atoms with van der Waals surface area (Å²) < 4.78 is 0. The van der Waals surface area contributed by atoms with Crippen molar-refractivity contribution < 1.29 is 0 Å². The minimum atomic E-state index is -0.735. The molecule has 0 aliphatic carbocycles. The number of hydrogen-bond acceptors (Lipinski definition) is 12. The van der Waals surface area contributed by atoms with E-state index in [9.17, 15) is 0 Å². The van der Waals surface area contributed by atoms with Crippen LogP contribution in [0.15, 0.2) is 22.1 Å². The maximum atomic E-state index is 9.15. The molecule has 12 nitrogen and oxygen atoms in total. The van der Waals surface area contributed by atoms with Crippen LogP contribution in [0.1, 0.15) is 11.4 Å². The average molecular weight is 388 g/mol. The fourth-order valence-electron chi connectivity index (χ4n) is 2.04. The first kappa shape index (κ1) is 20.5. The zero-order chi connectivity index (χ0) is 22.3. The highest BCUT2D eigenvalue weighted by atomic mass is 14.9. The lowest BCUT2D eigenvalue weighted by atomic mass is 10.2. The van der Waals surface area contributed by atoms with Gasteiger partial charge in [0.1, 0.15) is 36.4 Å². The summed E-state index contributed by atoms with van der Waals surface area (Å²) in [5.41, 5.74) is -3.23. The van der Waals surface area contributed by atoms with Crippen LogP contribution in [-0.2, 0) is 0 Å². The van der Waals surface area contributed by atoms with Gasteiger partial charge >= 0.3 is 0 Å². The first-order chi connectivity index (χ1) is 14.4. The lowest BCUT2D eigenvalue weighted by Crippen LogP contribution is -2.08. The maximum Gasteiger partial charge on any atom is 0.177 e. The van der Waals surface area contributed by atoms with Crippen LogP contribution in [0.5, 0.6) is 0 Å². The molecule has 0 aliphatic heterocycles. The summed E-state index contributed by atoms with van der Waals surface area (Å²) in [4.78, 5) is 15.8. The molecule has 0 spiro atoms. The smallest absolute Gasteiger partial charge is 0.177 e. The Balaban J connectivity index is 2.95. The SMILES string of the molecule is N#CC(=N)/C(C#N)=N\c1cc2nc(C#N)c(C#N)nc2cc1/N=C(/C#N)C(=N)C#N. The summed E-state index contributed by atoms with van der Waals surface area (Å²) in [5, 5.41) is 69.2. The van der Waals surface area contributed by atoms with Gasteiger partial charge in [0.15, 0.2) is 34.2 Å². The average Bonchev–Trinajstić information content (AvgIpc) is 2.78. The van der Waals surface area contributed by atoms with E-state index in [1.54, 1.807) is 24.3 Å². The molecule has 0 fully saturated rings. The van der Waals surface area contributed by atoms with Gasteiger partial charge in [0.05, 0.1) is 22.4 Å². The first-order valence-electron chi connectivity index (χ1n) is 7.54. The monoisotopic (exact) mass is 388 g/mol. The summed E-state index contributed by atoms with van der Waals surface area (Å²) in [6, 6.07) is 12.0. The van der Waals surface area contributed by atoms with Gasteiger partial charge in [-0.3, -0.25) is 10.8 Å². The molecule has 2 rings (SSSR count). The minimum Gasteiger partial charge on any atom is -0.288 e. The minimum absolute atomic E-state index is 0.0814. The Morgan fingerprint density at radius 2 is 1.03 bits per heavy atom. The van der Waals surface area contributed by atoms with Crippen molar-refractivity contribution in [3.63, 3.8) is 0 Å². The molecule has 0 atom stereocenters. The lowest BCUT2D eigenvalue weighted by molar-refractivity contribution is 1.20. The van der Waals surface area contributed by atoms with Crippen molar-refractivity contribution in [1.82, 2.24) is 9.97 Å². The second-order valence-electron chi connectivity index (χ2n) is 5.09. The Hall–Kier alpha value is -5.82. The third-order valence-corrected chi connectivity index (χ3v) is 3.35. The largest absolute Gasteiger partial charge is 0.288 e. The zero-order valence-electron chi connectivity index (χ0n) is 14.6. The van der Waals surface area contributed by atoms with Gasteiger partial charge in [-0.15, -0.1) is 0 Å². The predicted molar refractivity (Wildman–Crippen MR) is 101 cm³/mol. The molecule has 2 N–H and O–H groups in total. The highest BCUT2D eigenvalue weighted by molar-refractivity contribution is 6.53. The van der Waals surface area contributed by atoms with Gasteiger partial charge in [0.25, 0.3) is 0 Å². The maximum absolute atomic E-state index is 9.15. The number of rotatable bonds is 4. The highest BCUT2D eigenvalue weighted by Crippen LogP contribution is 2.32. The van der Waals surface area contributed by atoms with E-state index < -0.39 is 22.8 Å². The highest BCUT2D eigenvalue weighted by Gasteiger charge is 2.15. The number of hydrogen-bond donors (Lipinski definition) is 2. The van der Waals surface area contributed by atoms with Crippen molar-refractivity contribution in [2.75, 3.05) is 0 Å². The van der Waals surface area contributed by atoms with Gasteiger partial charge in [-0.05, 0) is 12.1 Å². The topological polar surface area (TPSA) is 241 Å². The summed E-state index contributed by atoms with van der Waals surface area (Å²) in [5.74, 6) is 0. The van der Waals surface area contributed by atoms with Crippen molar-refractivity contribution >= 4 is 45.3 Å². The van der Waals surface area contributed by atoms with E-state index in [1.807, 2.05) is 0 Å². The molecule has 1 aromatic carbocycles. The normalized spacial score (nSPS) is 10.5. The second kappa shape index (κ2) is 8.71. The molecule has 0 saturated carbocycles. The van der Waals surface area contributed by atoms with Crippen LogP contribution in [0.2, 0.25) is 0 Å². The Kier molecular flexibility index (Phi) is 5.95. The lowest BCUT2D eigenvalue weighted by Gasteiger charge is -2.06. The third kappa shape index (κ3) is 3.95. The zero-order valence-corrected chi connectivity index (χ0v) is 14.6. The van der Waals surface area contributed by atoms with Crippen LogP contribution in [0, 0.1) is 78.8 Å². The molecular formula is C18H4N12. The summed E-state index contributed by atoms with van der Waals surface area (Å²) in [7, 11) is 0. The predicted octanol–water partition coefficient (Wildman–Crippen LogP) is 1.65. The molecule has 136 valence electrons. The van der Waals surface area contributed by atoms with Crippen LogP contribution < -0.4 is 0 Å². The Morgan fingerprint density at radius 1 is 0.667 bits per heavy atom. The van der Waals surface area contributed by atoms with Gasteiger partial charge in [0.2, 0.25) is 0 Å². The molecule has 0 unspecified atom stereocenters. The van der Waals surface area contributed by atoms with Crippen LogP contribution in [-0.4, -0.2) is 32.8 Å². The van der Waals surface area contributed by atoms with Crippen LogP contribution in [0.25, 0.3) is 11.0 Å². The van der Waals surface area contributed by atoms with E-state index in [1.165, 1.54) is 24.3 Å². The number of nitrogens with one attached hydrogen (secondary N) is 2. The van der Waals surface area contributed by atoms with E-state index in [0.29, 0.717) is 0 Å². The van der Waals surface area contributed by atoms with Crippen molar-refractivity contribution in [3.8, 4) is 36.4 Å². The second-order valence-corrected chi connectivity index (χ2v) is 5.09. The number of fused-ring (bicyclic) bond motifs is 1. The fraction of sp³-hybridized carbons (Fsp3) is 0.